The van der Waals surface area contributed by atoms with Gasteiger partial charge in [-0.2, -0.15) is 0 Å². The topological polar surface area (TPSA) is 89.9 Å². The molecule has 0 aliphatic carbocycles. The van der Waals surface area contributed by atoms with E-state index in [0.717, 1.165) is 0 Å². The molecule has 2 amide bonds. The summed E-state index contributed by atoms with van der Waals surface area (Å²) in [5.74, 6) is -1.18. The number of benzene rings is 1. The van der Waals surface area contributed by atoms with E-state index in [0.29, 0.717) is 6.54 Å². The fraction of sp³-hybridized carbons (Fsp3) is 0.429. The molecule has 0 radical (unpaired) electrons. The highest BCUT2D eigenvalue weighted by molar-refractivity contribution is 6.31. The molecule has 0 saturated carbocycles. The molecule has 1 rings (SSSR count). The molecule has 0 spiro atoms. The van der Waals surface area contributed by atoms with Crippen molar-refractivity contribution in [1.29, 1.82) is 0 Å². The molecule has 0 saturated heterocycles. The SMILES string of the molecule is CCN(CC(C)(C)O)C(=O)Nc1ccc(Cl)cc1C(=O)O. The van der Waals surface area contributed by atoms with E-state index in [2.05, 4.69) is 5.32 Å². The van der Waals surface area contributed by atoms with Crippen molar-refractivity contribution in [2.75, 3.05) is 18.4 Å². The number of carboxylic acid groups (broad SMARTS) is 1. The predicted octanol–water partition coefficient (Wildman–Crippen LogP) is 2.66. The zero-order valence-electron chi connectivity index (χ0n) is 12.2. The fourth-order valence-electron chi connectivity index (χ4n) is 1.79. The number of aromatic carboxylic acids is 1. The second-order valence-corrected chi connectivity index (χ2v) is 5.69. The molecule has 0 aliphatic heterocycles. The van der Waals surface area contributed by atoms with Crippen molar-refractivity contribution >= 4 is 29.3 Å². The third kappa shape index (κ3) is 5.24. The maximum absolute atomic E-state index is 12.2. The van der Waals surface area contributed by atoms with E-state index in [4.69, 9.17) is 16.7 Å². The van der Waals surface area contributed by atoms with E-state index in [1.54, 1.807) is 20.8 Å². The molecule has 0 aromatic heterocycles. The Labute approximate surface area is 128 Å². The van der Waals surface area contributed by atoms with Gasteiger partial charge in [0.25, 0.3) is 0 Å². The molecule has 21 heavy (non-hydrogen) atoms. The van der Waals surface area contributed by atoms with Crippen LogP contribution in [0.1, 0.15) is 31.1 Å². The van der Waals surface area contributed by atoms with Gasteiger partial charge < -0.3 is 20.4 Å². The van der Waals surface area contributed by atoms with Gasteiger partial charge in [0.15, 0.2) is 0 Å². The van der Waals surface area contributed by atoms with Crippen LogP contribution in [0.25, 0.3) is 0 Å². The number of carbonyl (C=O) groups is 2. The van der Waals surface area contributed by atoms with Crippen LogP contribution in [0.15, 0.2) is 18.2 Å². The van der Waals surface area contributed by atoms with Crippen LogP contribution in [0.4, 0.5) is 10.5 Å². The lowest BCUT2D eigenvalue weighted by atomic mass is 10.1. The number of hydrogen-bond acceptors (Lipinski definition) is 3. The van der Waals surface area contributed by atoms with E-state index >= 15 is 0 Å². The molecule has 7 heteroatoms. The summed E-state index contributed by atoms with van der Waals surface area (Å²) in [6.07, 6.45) is 0. The largest absolute Gasteiger partial charge is 0.478 e. The first kappa shape index (κ1) is 17.3. The average molecular weight is 315 g/mol. The maximum atomic E-state index is 12.2. The second kappa shape index (κ2) is 6.78. The zero-order chi connectivity index (χ0) is 16.2. The van der Waals surface area contributed by atoms with Crippen LogP contribution in [0.3, 0.4) is 0 Å². The molecule has 3 N–H and O–H groups in total. The standard InChI is InChI=1S/C14H19ClN2O4/c1-4-17(8-14(2,3)21)13(20)16-11-6-5-9(15)7-10(11)12(18)19/h5-7,21H,4,8H2,1-3H3,(H,16,20)(H,18,19). The number of likely N-dealkylation sites (N-methyl/N-ethyl adjacent to an activating group) is 1. The van der Waals surface area contributed by atoms with Crippen LogP contribution in [-0.2, 0) is 0 Å². The Bertz CT molecular complexity index is 540. The second-order valence-electron chi connectivity index (χ2n) is 5.25. The lowest BCUT2D eigenvalue weighted by Crippen LogP contribution is -2.44. The molecule has 6 nitrogen and oxygen atoms in total. The molecular formula is C14H19ClN2O4. The fourth-order valence-corrected chi connectivity index (χ4v) is 1.96. The first-order valence-corrected chi connectivity index (χ1v) is 6.83. The van der Waals surface area contributed by atoms with Crippen LogP contribution < -0.4 is 5.32 Å². The van der Waals surface area contributed by atoms with Crippen molar-refractivity contribution in [3.63, 3.8) is 0 Å². The molecule has 0 fully saturated rings. The van der Waals surface area contributed by atoms with Crippen molar-refractivity contribution in [2.45, 2.75) is 26.4 Å². The highest BCUT2D eigenvalue weighted by Crippen LogP contribution is 2.21. The minimum absolute atomic E-state index is 0.0878. The number of hydrogen-bond donors (Lipinski definition) is 3. The van der Waals surface area contributed by atoms with Gasteiger partial charge in [-0.05, 0) is 39.0 Å². The summed E-state index contributed by atoms with van der Waals surface area (Å²) in [6.45, 7) is 5.46. The van der Waals surface area contributed by atoms with Crippen LogP contribution in [-0.4, -0.2) is 45.8 Å². The molecule has 0 unspecified atom stereocenters. The van der Waals surface area contributed by atoms with E-state index in [1.807, 2.05) is 0 Å². The Morgan fingerprint density at radius 2 is 2.00 bits per heavy atom. The van der Waals surface area contributed by atoms with Crippen LogP contribution >= 0.6 is 11.6 Å². The van der Waals surface area contributed by atoms with Gasteiger partial charge in [-0.1, -0.05) is 11.6 Å². The molecule has 0 heterocycles. The van der Waals surface area contributed by atoms with Gasteiger partial charge in [0.05, 0.1) is 23.4 Å². The quantitative estimate of drug-likeness (QED) is 0.779. The Balaban J connectivity index is 2.94. The number of urea groups is 1. The highest BCUT2D eigenvalue weighted by Gasteiger charge is 2.22. The summed E-state index contributed by atoms with van der Waals surface area (Å²) in [4.78, 5) is 24.7. The number of carboxylic acids is 1. The van der Waals surface area contributed by atoms with Gasteiger partial charge in [-0.15, -0.1) is 0 Å². The number of amides is 2. The summed E-state index contributed by atoms with van der Waals surface area (Å²) in [7, 11) is 0. The summed E-state index contributed by atoms with van der Waals surface area (Å²) in [5, 5.41) is 21.7. The monoisotopic (exact) mass is 314 g/mol. The van der Waals surface area contributed by atoms with Gasteiger partial charge in [0, 0.05) is 11.6 Å². The molecule has 1 aromatic rings. The number of carbonyl (C=O) groups excluding carboxylic acids is 1. The minimum Gasteiger partial charge on any atom is -0.478 e. The van der Waals surface area contributed by atoms with Gasteiger partial charge in [0.1, 0.15) is 0 Å². The number of anilines is 1. The van der Waals surface area contributed by atoms with Crippen molar-refractivity contribution in [1.82, 2.24) is 4.90 Å². The van der Waals surface area contributed by atoms with E-state index in [-0.39, 0.29) is 22.8 Å². The molecular weight excluding hydrogens is 296 g/mol. The maximum Gasteiger partial charge on any atom is 0.337 e. The first-order chi connectivity index (χ1) is 9.64. The number of aliphatic hydroxyl groups is 1. The molecule has 0 atom stereocenters. The van der Waals surface area contributed by atoms with Crippen molar-refractivity contribution in [3.8, 4) is 0 Å². The molecule has 0 bridgehead atoms. The Morgan fingerprint density at radius 1 is 1.38 bits per heavy atom. The van der Waals surface area contributed by atoms with Crippen molar-refractivity contribution < 1.29 is 19.8 Å². The summed E-state index contributed by atoms with van der Waals surface area (Å²) in [6, 6.07) is 3.72. The summed E-state index contributed by atoms with van der Waals surface area (Å²) < 4.78 is 0. The third-order valence-corrected chi connectivity index (χ3v) is 2.94. The Kier molecular flexibility index (Phi) is 5.57. The first-order valence-electron chi connectivity index (χ1n) is 6.45. The zero-order valence-corrected chi connectivity index (χ0v) is 12.9. The van der Waals surface area contributed by atoms with Crippen LogP contribution in [0, 0.1) is 0 Å². The summed E-state index contributed by atoms with van der Waals surface area (Å²) in [5.41, 5.74) is -0.968. The van der Waals surface area contributed by atoms with Gasteiger partial charge in [0.2, 0.25) is 0 Å². The highest BCUT2D eigenvalue weighted by atomic mass is 35.5. The number of rotatable bonds is 5. The lowest BCUT2D eigenvalue weighted by molar-refractivity contribution is 0.0500. The predicted molar refractivity (Wildman–Crippen MR) is 81.0 cm³/mol. The molecule has 0 aliphatic rings. The van der Waals surface area contributed by atoms with Crippen LogP contribution in [0.2, 0.25) is 5.02 Å². The minimum atomic E-state index is -1.18. The van der Waals surface area contributed by atoms with Crippen molar-refractivity contribution in [2.24, 2.45) is 0 Å². The van der Waals surface area contributed by atoms with E-state index in [9.17, 15) is 14.7 Å². The van der Waals surface area contributed by atoms with E-state index in [1.165, 1.54) is 23.1 Å². The number of nitrogens with one attached hydrogen (secondary N) is 1. The average Bonchev–Trinajstić information content (AvgIpc) is 2.36. The smallest absolute Gasteiger partial charge is 0.337 e. The number of nitrogens with zero attached hydrogens (tertiary/aromatic N) is 1. The van der Waals surface area contributed by atoms with Crippen LogP contribution in [0.5, 0.6) is 0 Å². The van der Waals surface area contributed by atoms with Gasteiger partial charge in [-0.25, -0.2) is 9.59 Å². The Hall–Kier alpha value is -1.79. The normalized spacial score (nSPS) is 11.1. The molecule has 116 valence electrons. The third-order valence-electron chi connectivity index (χ3n) is 2.70. The van der Waals surface area contributed by atoms with Gasteiger partial charge >= 0.3 is 12.0 Å². The molecule has 1 aromatic carbocycles. The Morgan fingerprint density at radius 3 is 2.48 bits per heavy atom. The lowest BCUT2D eigenvalue weighted by Gasteiger charge is -2.28. The van der Waals surface area contributed by atoms with Gasteiger partial charge in [-0.3, -0.25) is 0 Å². The summed E-state index contributed by atoms with van der Waals surface area (Å²) >= 11 is 5.75. The number of halogens is 1. The van der Waals surface area contributed by atoms with Crippen molar-refractivity contribution in [3.05, 3.63) is 28.8 Å². The van der Waals surface area contributed by atoms with E-state index < -0.39 is 17.6 Å².